The maximum atomic E-state index is 11.9. The fourth-order valence-corrected chi connectivity index (χ4v) is 3.98. The minimum atomic E-state index is -0.0986. The second kappa shape index (κ2) is 12.5. The van der Waals surface area contributed by atoms with Crippen LogP contribution in [-0.2, 0) is 9.59 Å². The topological polar surface area (TPSA) is 101 Å². The summed E-state index contributed by atoms with van der Waals surface area (Å²) in [4.78, 5) is 32.0. The van der Waals surface area contributed by atoms with Gasteiger partial charge in [-0.3, -0.25) is 19.5 Å². The molecule has 2 aliphatic rings. The highest BCUT2D eigenvalue weighted by molar-refractivity contribution is 14.0. The minimum Gasteiger partial charge on any atom is -0.368 e. The number of amides is 2. The number of aliphatic imine (C=N–C) groups is 1. The molecule has 31 heavy (non-hydrogen) atoms. The molecule has 1 aromatic carbocycles. The molecule has 0 bridgehead atoms. The SMILES string of the molecule is CCNC(=NCCN1C(=O)CCCC1=O)NC1CCCN(c2ccccc2C#N)C1.I. The highest BCUT2D eigenvalue weighted by Gasteiger charge is 2.25. The summed E-state index contributed by atoms with van der Waals surface area (Å²) in [7, 11) is 0. The van der Waals surface area contributed by atoms with Gasteiger partial charge in [0.2, 0.25) is 11.8 Å². The van der Waals surface area contributed by atoms with Gasteiger partial charge in [-0.25, -0.2) is 0 Å². The lowest BCUT2D eigenvalue weighted by molar-refractivity contribution is -0.147. The van der Waals surface area contributed by atoms with Crippen LogP contribution in [0.3, 0.4) is 0 Å². The molecule has 3 rings (SSSR count). The number of nitriles is 1. The molecule has 1 atom stereocenters. The predicted octanol–water partition coefficient (Wildman–Crippen LogP) is 2.24. The summed E-state index contributed by atoms with van der Waals surface area (Å²) in [5, 5.41) is 16.1. The first kappa shape index (κ1) is 24.9. The number of nitrogens with zero attached hydrogens (tertiary/aromatic N) is 4. The third-order valence-electron chi connectivity index (χ3n) is 5.45. The molecule has 0 spiro atoms. The molecule has 168 valence electrons. The van der Waals surface area contributed by atoms with E-state index < -0.39 is 0 Å². The Hall–Kier alpha value is -2.35. The summed E-state index contributed by atoms with van der Waals surface area (Å²) in [5.74, 6) is 0.492. The van der Waals surface area contributed by atoms with Crippen molar-refractivity contribution in [3.05, 3.63) is 29.8 Å². The molecule has 0 saturated carbocycles. The first-order valence-corrected chi connectivity index (χ1v) is 10.7. The van der Waals surface area contributed by atoms with E-state index in [9.17, 15) is 14.9 Å². The minimum absolute atomic E-state index is 0. The average molecular weight is 538 g/mol. The molecule has 2 aliphatic heterocycles. The van der Waals surface area contributed by atoms with E-state index >= 15 is 0 Å². The number of para-hydroxylation sites is 1. The van der Waals surface area contributed by atoms with Crippen molar-refractivity contribution >= 4 is 47.4 Å². The van der Waals surface area contributed by atoms with Crippen LogP contribution >= 0.6 is 24.0 Å². The van der Waals surface area contributed by atoms with Crippen LogP contribution < -0.4 is 15.5 Å². The molecule has 2 saturated heterocycles. The zero-order valence-corrected chi connectivity index (χ0v) is 20.3. The molecule has 1 unspecified atom stereocenters. The number of anilines is 1. The number of imide groups is 1. The van der Waals surface area contributed by atoms with Crippen LogP contribution in [0.4, 0.5) is 5.69 Å². The smallest absolute Gasteiger partial charge is 0.229 e. The van der Waals surface area contributed by atoms with E-state index in [1.54, 1.807) is 0 Å². The monoisotopic (exact) mass is 538 g/mol. The Morgan fingerprint density at radius 1 is 1.23 bits per heavy atom. The van der Waals surface area contributed by atoms with Crippen LogP contribution in [0.2, 0.25) is 0 Å². The summed E-state index contributed by atoms with van der Waals surface area (Å²) < 4.78 is 0. The van der Waals surface area contributed by atoms with Gasteiger partial charge < -0.3 is 15.5 Å². The van der Waals surface area contributed by atoms with Gasteiger partial charge in [0.1, 0.15) is 6.07 Å². The number of guanidine groups is 1. The van der Waals surface area contributed by atoms with E-state index in [4.69, 9.17) is 0 Å². The van der Waals surface area contributed by atoms with Crippen LogP contribution in [0.15, 0.2) is 29.3 Å². The molecule has 2 amide bonds. The Labute approximate surface area is 201 Å². The molecule has 2 fully saturated rings. The van der Waals surface area contributed by atoms with Gasteiger partial charge in [0.15, 0.2) is 5.96 Å². The highest BCUT2D eigenvalue weighted by Crippen LogP contribution is 2.23. The number of hydrogen-bond donors (Lipinski definition) is 2. The number of benzene rings is 1. The van der Waals surface area contributed by atoms with E-state index in [0.717, 1.165) is 38.2 Å². The van der Waals surface area contributed by atoms with Crippen LogP contribution in [0.5, 0.6) is 0 Å². The number of rotatable bonds is 6. The average Bonchev–Trinajstić information content (AvgIpc) is 2.76. The maximum Gasteiger partial charge on any atom is 0.229 e. The van der Waals surface area contributed by atoms with Crippen molar-refractivity contribution in [3.8, 4) is 6.07 Å². The number of piperidine rings is 2. The van der Waals surface area contributed by atoms with Gasteiger partial charge in [-0.2, -0.15) is 5.26 Å². The van der Waals surface area contributed by atoms with Crippen molar-refractivity contribution in [1.29, 1.82) is 5.26 Å². The standard InChI is InChI=1S/C22H30N6O2.HI/c1-2-24-22(25-12-14-28-20(29)10-5-11-21(28)30)26-18-8-6-13-27(16-18)19-9-4-3-7-17(19)15-23;/h3-4,7,9,18H,2,5-6,8,10-14,16H2,1H3,(H2,24,25,26);1H. The second-order valence-corrected chi connectivity index (χ2v) is 7.61. The van der Waals surface area contributed by atoms with E-state index in [2.05, 4.69) is 26.6 Å². The number of carbonyl (C=O) groups is 2. The number of hydrogen-bond acceptors (Lipinski definition) is 5. The summed E-state index contributed by atoms with van der Waals surface area (Å²) in [5.41, 5.74) is 1.66. The third-order valence-corrected chi connectivity index (χ3v) is 5.45. The van der Waals surface area contributed by atoms with Crippen molar-refractivity contribution in [2.24, 2.45) is 4.99 Å². The Morgan fingerprint density at radius 3 is 2.68 bits per heavy atom. The summed E-state index contributed by atoms with van der Waals surface area (Å²) in [6.07, 6.45) is 3.56. The number of halogens is 1. The molecular weight excluding hydrogens is 507 g/mol. The summed E-state index contributed by atoms with van der Waals surface area (Å²) in [6.45, 7) is 5.13. The van der Waals surface area contributed by atoms with Gasteiger partial charge in [-0.1, -0.05) is 12.1 Å². The zero-order valence-electron chi connectivity index (χ0n) is 18.0. The molecule has 9 heteroatoms. The van der Waals surface area contributed by atoms with Crippen molar-refractivity contribution in [3.63, 3.8) is 0 Å². The Kier molecular flexibility index (Phi) is 10.0. The normalized spacial score (nSPS) is 19.5. The van der Waals surface area contributed by atoms with Crippen LogP contribution in [0.1, 0.15) is 44.6 Å². The fourth-order valence-electron chi connectivity index (χ4n) is 3.98. The number of nitrogens with one attached hydrogen (secondary N) is 2. The molecule has 2 heterocycles. The van der Waals surface area contributed by atoms with E-state index in [-0.39, 0.29) is 41.8 Å². The fraction of sp³-hybridized carbons (Fsp3) is 0.545. The van der Waals surface area contributed by atoms with Gasteiger partial charge in [0.25, 0.3) is 0 Å². The molecule has 0 aliphatic carbocycles. The second-order valence-electron chi connectivity index (χ2n) is 7.61. The van der Waals surface area contributed by atoms with Gasteiger partial charge >= 0.3 is 0 Å². The van der Waals surface area contributed by atoms with E-state index in [1.165, 1.54) is 4.90 Å². The van der Waals surface area contributed by atoms with Crippen molar-refractivity contribution in [2.75, 3.05) is 37.6 Å². The molecule has 8 nitrogen and oxygen atoms in total. The van der Waals surface area contributed by atoms with Gasteiger partial charge in [0, 0.05) is 45.1 Å². The molecule has 0 radical (unpaired) electrons. The van der Waals surface area contributed by atoms with Gasteiger partial charge in [-0.15, -0.1) is 24.0 Å². The van der Waals surface area contributed by atoms with E-state index in [0.29, 0.717) is 43.9 Å². The van der Waals surface area contributed by atoms with Gasteiger partial charge in [-0.05, 0) is 38.3 Å². The van der Waals surface area contributed by atoms with Crippen molar-refractivity contribution < 1.29 is 9.59 Å². The van der Waals surface area contributed by atoms with Crippen LogP contribution in [-0.4, -0.2) is 61.4 Å². The zero-order chi connectivity index (χ0) is 21.3. The summed E-state index contributed by atoms with van der Waals surface area (Å²) in [6, 6.07) is 10.2. The first-order valence-electron chi connectivity index (χ1n) is 10.7. The third kappa shape index (κ3) is 6.82. The lowest BCUT2D eigenvalue weighted by atomic mass is 10.0. The molecule has 2 N–H and O–H groups in total. The molecule has 1 aromatic rings. The lowest BCUT2D eigenvalue weighted by Crippen LogP contribution is -2.51. The van der Waals surface area contributed by atoms with Crippen LogP contribution in [0.25, 0.3) is 0 Å². The number of likely N-dealkylation sites (tertiary alicyclic amines) is 1. The quantitative estimate of drug-likeness (QED) is 0.250. The highest BCUT2D eigenvalue weighted by atomic mass is 127. The summed E-state index contributed by atoms with van der Waals surface area (Å²) >= 11 is 0. The maximum absolute atomic E-state index is 11.9. The Morgan fingerprint density at radius 2 is 1.97 bits per heavy atom. The van der Waals surface area contributed by atoms with Crippen molar-refractivity contribution in [1.82, 2.24) is 15.5 Å². The Bertz CT molecular complexity index is 822. The first-order chi connectivity index (χ1) is 14.6. The van der Waals surface area contributed by atoms with E-state index in [1.807, 2.05) is 31.2 Å². The lowest BCUT2D eigenvalue weighted by Gasteiger charge is -2.35. The number of carbonyl (C=O) groups excluding carboxylic acids is 2. The molecule has 0 aromatic heterocycles. The largest absolute Gasteiger partial charge is 0.368 e. The van der Waals surface area contributed by atoms with Crippen molar-refractivity contribution in [2.45, 2.75) is 45.1 Å². The van der Waals surface area contributed by atoms with Gasteiger partial charge in [0.05, 0.1) is 17.8 Å². The Balaban J connectivity index is 0.00000341. The predicted molar refractivity (Wildman–Crippen MR) is 131 cm³/mol. The molecular formula is C22H31IN6O2. The van der Waals surface area contributed by atoms with Crippen LogP contribution in [0, 0.1) is 11.3 Å².